The molecule has 0 bridgehead atoms. The maximum absolute atomic E-state index is 9.62. The van der Waals surface area contributed by atoms with Crippen LogP contribution in [-0.4, -0.2) is 10.7 Å². The van der Waals surface area contributed by atoms with Crippen molar-refractivity contribution in [2.75, 3.05) is 0 Å². The van der Waals surface area contributed by atoms with E-state index in [1.807, 2.05) is 0 Å². The third-order valence-electron chi connectivity index (χ3n) is 2.67. The van der Waals surface area contributed by atoms with Gasteiger partial charge in [0.25, 0.3) is 0 Å². The molecule has 1 aliphatic rings. The first-order chi connectivity index (χ1) is 4.69. The first-order valence-electron chi connectivity index (χ1n) is 4.41. The highest BCUT2D eigenvalue weighted by Crippen LogP contribution is 2.43. The van der Waals surface area contributed by atoms with Gasteiger partial charge in [-0.25, -0.2) is 0 Å². The molecule has 0 heterocycles. The predicted molar refractivity (Wildman–Crippen MR) is 42.9 cm³/mol. The molecule has 0 spiro atoms. The average molecular weight is 142 g/mol. The first kappa shape index (κ1) is 8.06. The summed E-state index contributed by atoms with van der Waals surface area (Å²) in [5, 5.41) is 9.62. The van der Waals surface area contributed by atoms with Gasteiger partial charge in [0.1, 0.15) is 0 Å². The summed E-state index contributed by atoms with van der Waals surface area (Å²) in [5.74, 6) is 0.535. The zero-order valence-corrected chi connectivity index (χ0v) is 7.06. The molecule has 0 aromatic carbocycles. The van der Waals surface area contributed by atoms with Crippen LogP contribution in [-0.2, 0) is 0 Å². The van der Waals surface area contributed by atoms with E-state index in [0.29, 0.717) is 5.92 Å². The Balaban J connectivity index is 2.15. The molecule has 1 saturated carbocycles. The molecule has 1 nitrogen and oxygen atoms in total. The molecule has 1 heteroatoms. The lowest BCUT2D eigenvalue weighted by molar-refractivity contribution is 0.0851. The highest BCUT2D eigenvalue weighted by atomic mass is 16.3. The fraction of sp³-hybridized carbons (Fsp3) is 1.00. The van der Waals surface area contributed by atoms with Crippen molar-refractivity contribution >= 4 is 0 Å². The molecule has 10 heavy (non-hydrogen) atoms. The Morgan fingerprint density at radius 1 is 1.50 bits per heavy atom. The van der Waals surface area contributed by atoms with E-state index in [-0.39, 0.29) is 5.60 Å². The molecule has 1 fully saturated rings. The number of hydrogen-bond donors (Lipinski definition) is 1. The average Bonchev–Trinajstić information content (AvgIpc) is 2.64. The SMILES string of the molecule is CCCCC(C)C1(O)CC1. The summed E-state index contributed by atoms with van der Waals surface area (Å²) in [6, 6.07) is 0. The van der Waals surface area contributed by atoms with Gasteiger partial charge in [0.2, 0.25) is 0 Å². The van der Waals surface area contributed by atoms with Gasteiger partial charge in [0.05, 0.1) is 5.60 Å². The third kappa shape index (κ3) is 1.72. The lowest BCUT2D eigenvalue weighted by Gasteiger charge is -2.16. The van der Waals surface area contributed by atoms with Crippen molar-refractivity contribution < 1.29 is 5.11 Å². The van der Waals surface area contributed by atoms with Crippen LogP contribution in [0.1, 0.15) is 46.0 Å². The molecule has 0 aromatic rings. The van der Waals surface area contributed by atoms with Gasteiger partial charge in [0.15, 0.2) is 0 Å². The maximum Gasteiger partial charge on any atom is 0.0675 e. The van der Waals surface area contributed by atoms with Crippen molar-refractivity contribution in [1.29, 1.82) is 0 Å². The second-order valence-corrected chi connectivity index (χ2v) is 3.65. The summed E-state index contributed by atoms with van der Waals surface area (Å²) in [7, 11) is 0. The molecule has 1 unspecified atom stereocenters. The second-order valence-electron chi connectivity index (χ2n) is 3.65. The van der Waals surface area contributed by atoms with E-state index in [0.717, 1.165) is 12.8 Å². The topological polar surface area (TPSA) is 20.2 Å². The molecule has 0 saturated heterocycles. The van der Waals surface area contributed by atoms with Crippen LogP contribution in [0, 0.1) is 5.92 Å². The Kier molecular flexibility index (Phi) is 2.35. The van der Waals surface area contributed by atoms with Crippen LogP contribution in [0.5, 0.6) is 0 Å². The Bertz CT molecular complexity index is 105. The number of unbranched alkanes of at least 4 members (excludes halogenated alkanes) is 1. The molecule has 0 aliphatic heterocycles. The summed E-state index contributed by atoms with van der Waals surface area (Å²) < 4.78 is 0. The van der Waals surface area contributed by atoms with E-state index in [2.05, 4.69) is 13.8 Å². The van der Waals surface area contributed by atoms with Gasteiger partial charge in [-0.15, -0.1) is 0 Å². The quantitative estimate of drug-likeness (QED) is 0.638. The molecule has 1 atom stereocenters. The lowest BCUT2D eigenvalue weighted by atomic mass is 9.96. The number of aliphatic hydroxyl groups is 1. The molecular formula is C9H18O. The maximum atomic E-state index is 9.62. The van der Waals surface area contributed by atoms with E-state index >= 15 is 0 Å². The molecule has 60 valence electrons. The highest BCUT2D eigenvalue weighted by Gasteiger charge is 2.44. The van der Waals surface area contributed by atoms with E-state index < -0.39 is 0 Å². The van der Waals surface area contributed by atoms with Gasteiger partial charge in [-0.1, -0.05) is 26.7 Å². The van der Waals surface area contributed by atoms with Crippen LogP contribution in [0.3, 0.4) is 0 Å². The largest absolute Gasteiger partial charge is 0.390 e. The fourth-order valence-electron chi connectivity index (χ4n) is 1.40. The zero-order chi connectivity index (χ0) is 7.61. The van der Waals surface area contributed by atoms with Gasteiger partial charge in [-0.3, -0.25) is 0 Å². The van der Waals surface area contributed by atoms with E-state index in [1.54, 1.807) is 0 Å². The first-order valence-corrected chi connectivity index (χ1v) is 4.41. The minimum absolute atomic E-state index is 0.241. The highest BCUT2D eigenvalue weighted by molar-refractivity contribution is 4.97. The molecule has 0 amide bonds. The monoisotopic (exact) mass is 142 g/mol. The van der Waals surface area contributed by atoms with Crippen LogP contribution in [0.4, 0.5) is 0 Å². The second kappa shape index (κ2) is 2.91. The molecule has 1 aliphatic carbocycles. The van der Waals surface area contributed by atoms with Crippen molar-refractivity contribution in [3.8, 4) is 0 Å². The third-order valence-corrected chi connectivity index (χ3v) is 2.67. The zero-order valence-electron chi connectivity index (χ0n) is 7.06. The summed E-state index contributed by atoms with van der Waals surface area (Å²) in [4.78, 5) is 0. The van der Waals surface area contributed by atoms with Gasteiger partial charge in [-0.05, 0) is 25.2 Å². The number of hydrogen-bond acceptors (Lipinski definition) is 1. The van der Waals surface area contributed by atoms with Crippen molar-refractivity contribution in [3.63, 3.8) is 0 Å². The molecule has 1 N–H and O–H groups in total. The van der Waals surface area contributed by atoms with Crippen molar-refractivity contribution in [1.82, 2.24) is 0 Å². The van der Waals surface area contributed by atoms with E-state index in [9.17, 15) is 5.11 Å². The standard InChI is InChI=1S/C9H18O/c1-3-4-5-8(2)9(10)6-7-9/h8,10H,3-7H2,1-2H3. The van der Waals surface area contributed by atoms with Crippen LogP contribution in [0.15, 0.2) is 0 Å². The van der Waals surface area contributed by atoms with Gasteiger partial charge < -0.3 is 5.11 Å². The summed E-state index contributed by atoms with van der Waals surface area (Å²) >= 11 is 0. The van der Waals surface area contributed by atoms with Crippen LogP contribution in [0.2, 0.25) is 0 Å². The molecule has 1 rings (SSSR count). The van der Waals surface area contributed by atoms with Crippen LogP contribution in [0.25, 0.3) is 0 Å². The van der Waals surface area contributed by atoms with Gasteiger partial charge >= 0.3 is 0 Å². The van der Waals surface area contributed by atoms with Gasteiger partial charge in [-0.2, -0.15) is 0 Å². The number of rotatable bonds is 4. The fourth-order valence-corrected chi connectivity index (χ4v) is 1.40. The van der Waals surface area contributed by atoms with Crippen molar-refractivity contribution in [3.05, 3.63) is 0 Å². The Morgan fingerprint density at radius 3 is 2.50 bits per heavy atom. The lowest BCUT2D eigenvalue weighted by Crippen LogP contribution is -2.18. The molecule has 0 aromatic heterocycles. The minimum atomic E-state index is -0.241. The normalized spacial score (nSPS) is 24.3. The summed E-state index contributed by atoms with van der Waals surface area (Å²) in [6.45, 7) is 4.37. The van der Waals surface area contributed by atoms with Crippen molar-refractivity contribution in [2.45, 2.75) is 51.6 Å². The molecular weight excluding hydrogens is 124 g/mol. The summed E-state index contributed by atoms with van der Waals surface area (Å²) in [5.41, 5.74) is -0.241. The van der Waals surface area contributed by atoms with E-state index in [4.69, 9.17) is 0 Å². The molecule has 0 radical (unpaired) electrons. The van der Waals surface area contributed by atoms with Crippen molar-refractivity contribution in [2.24, 2.45) is 5.92 Å². The summed E-state index contributed by atoms with van der Waals surface area (Å²) in [6.07, 6.45) is 5.80. The van der Waals surface area contributed by atoms with Gasteiger partial charge in [0, 0.05) is 0 Å². The van der Waals surface area contributed by atoms with Crippen LogP contribution < -0.4 is 0 Å². The smallest absolute Gasteiger partial charge is 0.0675 e. The van der Waals surface area contributed by atoms with Crippen LogP contribution >= 0.6 is 0 Å². The Morgan fingerprint density at radius 2 is 2.10 bits per heavy atom. The minimum Gasteiger partial charge on any atom is -0.390 e. The Labute approximate surface area is 63.4 Å². The van der Waals surface area contributed by atoms with E-state index in [1.165, 1.54) is 19.3 Å². The Hall–Kier alpha value is -0.0400. The predicted octanol–water partition coefficient (Wildman–Crippen LogP) is 2.34.